The average Bonchev–Trinajstić information content (AvgIpc) is 2.41. The summed E-state index contributed by atoms with van der Waals surface area (Å²) in [5, 5.41) is 2.74. The Kier molecular flexibility index (Phi) is 7.53. The predicted molar refractivity (Wildman–Crippen MR) is 76.8 cm³/mol. The van der Waals surface area contributed by atoms with Crippen LogP contribution in [0.25, 0.3) is 0 Å². The summed E-state index contributed by atoms with van der Waals surface area (Å²) < 4.78 is 0. The zero-order chi connectivity index (χ0) is 14.1. The van der Waals surface area contributed by atoms with E-state index in [0.29, 0.717) is 6.42 Å². The van der Waals surface area contributed by atoms with E-state index in [1.807, 2.05) is 6.92 Å². The minimum Gasteiger partial charge on any atom is -0.343 e. The van der Waals surface area contributed by atoms with Crippen molar-refractivity contribution >= 4 is 11.8 Å². The van der Waals surface area contributed by atoms with E-state index in [1.165, 1.54) is 32.1 Å². The van der Waals surface area contributed by atoms with E-state index in [0.717, 1.165) is 19.4 Å². The van der Waals surface area contributed by atoms with Crippen molar-refractivity contribution in [3.63, 3.8) is 0 Å². The second-order valence-electron chi connectivity index (χ2n) is 5.41. The molecule has 1 N–H and O–H groups in total. The Morgan fingerprint density at radius 3 is 2.32 bits per heavy atom. The number of hydrogen-bond acceptors (Lipinski definition) is 2. The summed E-state index contributed by atoms with van der Waals surface area (Å²) >= 11 is 0. The van der Waals surface area contributed by atoms with Crippen LogP contribution in [0.1, 0.15) is 65.2 Å². The molecule has 1 aliphatic rings. The monoisotopic (exact) mass is 268 g/mol. The van der Waals surface area contributed by atoms with Crippen molar-refractivity contribution in [2.24, 2.45) is 0 Å². The van der Waals surface area contributed by atoms with Crippen LogP contribution in [0.15, 0.2) is 0 Å². The number of nitrogens with one attached hydrogen (secondary N) is 1. The standard InChI is InChI=1S/C15H28N2O2/c1-3-5-6-7-8-9-10-11-17-12-14(18)16-13(4-2)15(17)19/h13H,3-12H2,1-2H3,(H,16,18). The second-order valence-corrected chi connectivity index (χ2v) is 5.41. The smallest absolute Gasteiger partial charge is 0.245 e. The molecular weight excluding hydrogens is 240 g/mol. The lowest BCUT2D eigenvalue weighted by atomic mass is 10.1. The van der Waals surface area contributed by atoms with Gasteiger partial charge >= 0.3 is 0 Å². The minimum atomic E-state index is -0.300. The van der Waals surface area contributed by atoms with Gasteiger partial charge in [0.1, 0.15) is 6.04 Å². The molecule has 1 unspecified atom stereocenters. The van der Waals surface area contributed by atoms with Crippen LogP contribution >= 0.6 is 0 Å². The summed E-state index contributed by atoms with van der Waals surface area (Å²) in [6.45, 7) is 5.12. The van der Waals surface area contributed by atoms with Gasteiger partial charge in [-0.2, -0.15) is 0 Å². The fourth-order valence-electron chi connectivity index (χ4n) is 2.50. The van der Waals surface area contributed by atoms with Crippen LogP contribution in [-0.2, 0) is 9.59 Å². The minimum absolute atomic E-state index is 0.0191. The molecule has 0 saturated carbocycles. The number of rotatable bonds is 9. The van der Waals surface area contributed by atoms with Crippen LogP contribution in [0.5, 0.6) is 0 Å². The summed E-state index contributed by atoms with van der Waals surface area (Å²) in [6, 6.07) is -0.300. The highest BCUT2D eigenvalue weighted by Crippen LogP contribution is 2.10. The zero-order valence-corrected chi connectivity index (χ0v) is 12.4. The second kappa shape index (κ2) is 8.94. The molecule has 0 spiro atoms. The third kappa shape index (κ3) is 5.62. The molecule has 0 aromatic carbocycles. The molecule has 110 valence electrons. The summed E-state index contributed by atoms with van der Waals surface area (Å²) in [5.41, 5.74) is 0. The van der Waals surface area contributed by atoms with Gasteiger partial charge in [-0.15, -0.1) is 0 Å². The van der Waals surface area contributed by atoms with Gasteiger partial charge in [-0.05, 0) is 12.8 Å². The Bertz CT molecular complexity index is 292. The van der Waals surface area contributed by atoms with Crippen LogP contribution in [0.3, 0.4) is 0 Å². The van der Waals surface area contributed by atoms with Crippen molar-refractivity contribution in [1.82, 2.24) is 10.2 Å². The van der Waals surface area contributed by atoms with E-state index in [2.05, 4.69) is 12.2 Å². The molecule has 4 heteroatoms. The van der Waals surface area contributed by atoms with E-state index >= 15 is 0 Å². The molecule has 1 rings (SSSR count). The van der Waals surface area contributed by atoms with Gasteiger partial charge in [0.15, 0.2) is 0 Å². The van der Waals surface area contributed by atoms with Gasteiger partial charge in [0, 0.05) is 6.54 Å². The highest BCUT2D eigenvalue weighted by atomic mass is 16.2. The molecule has 1 aliphatic heterocycles. The van der Waals surface area contributed by atoms with Crippen molar-refractivity contribution in [1.29, 1.82) is 0 Å². The molecule has 0 radical (unpaired) electrons. The number of hydrogen-bond donors (Lipinski definition) is 1. The number of nitrogens with zero attached hydrogens (tertiary/aromatic N) is 1. The highest BCUT2D eigenvalue weighted by molar-refractivity contribution is 5.94. The SMILES string of the molecule is CCCCCCCCCN1CC(=O)NC(CC)C1=O. The molecule has 19 heavy (non-hydrogen) atoms. The topological polar surface area (TPSA) is 49.4 Å². The third-order valence-electron chi connectivity index (χ3n) is 3.72. The number of carbonyl (C=O) groups is 2. The molecule has 1 heterocycles. The van der Waals surface area contributed by atoms with Crippen molar-refractivity contribution in [3.8, 4) is 0 Å². The number of carbonyl (C=O) groups excluding carboxylic acids is 2. The Morgan fingerprint density at radius 1 is 1.05 bits per heavy atom. The van der Waals surface area contributed by atoms with E-state index in [-0.39, 0.29) is 24.4 Å². The first-order valence-corrected chi connectivity index (χ1v) is 7.77. The normalized spacial score (nSPS) is 19.7. The zero-order valence-electron chi connectivity index (χ0n) is 12.4. The summed E-state index contributed by atoms with van der Waals surface area (Å²) in [5.74, 6) is 0.0717. The lowest BCUT2D eigenvalue weighted by Gasteiger charge is -2.32. The fourth-order valence-corrected chi connectivity index (χ4v) is 2.50. The van der Waals surface area contributed by atoms with Crippen LogP contribution in [0.2, 0.25) is 0 Å². The van der Waals surface area contributed by atoms with Crippen molar-refractivity contribution in [3.05, 3.63) is 0 Å². The maximum Gasteiger partial charge on any atom is 0.245 e. The predicted octanol–water partition coefficient (Wildman–Crippen LogP) is 2.47. The van der Waals surface area contributed by atoms with Crippen LogP contribution in [0.4, 0.5) is 0 Å². The average molecular weight is 268 g/mol. The summed E-state index contributed by atoms with van der Waals surface area (Å²) in [4.78, 5) is 25.2. The Balaban J connectivity index is 2.17. The number of amides is 2. The summed E-state index contributed by atoms with van der Waals surface area (Å²) in [7, 11) is 0. The maximum atomic E-state index is 12.0. The van der Waals surface area contributed by atoms with Crippen molar-refractivity contribution < 1.29 is 9.59 Å². The molecule has 0 aromatic rings. The van der Waals surface area contributed by atoms with Crippen LogP contribution in [0, 0.1) is 0 Å². The molecule has 1 atom stereocenters. The Morgan fingerprint density at radius 2 is 1.68 bits per heavy atom. The highest BCUT2D eigenvalue weighted by Gasteiger charge is 2.30. The van der Waals surface area contributed by atoms with Crippen molar-refractivity contribution in [2.75, 3.05) is 13.1 Å². The van der Waals surface area contributed by atoms with Gasteiger partial charge in [-0.25, -0.2) is 0 Å². The van der Waals surface area contributed by atoms with E-state index in [4.69, 9.17) is 0 Å². The molecular formula is C15H28N2O2. The van der Waals surface area contributed by atoms with E-state index in [9.17, 15) is 9.59 Å². The van der Waals surface area contributed by atoms with Crippen LogP contribution < -0.4 is 5.32 Å². The molecule has 1 saturated heterocycles. The van der Waals surface area contributed by atoms with E-state index < -0.39 is 0 Å². The van der Waals surface area contributed by atoms with Gasteiger partial charge in [0.25, 0.3) is 0 Å². The lowest BCUT2D eigenvalue weighted by Crippen LogP contribution is -2.57. The first-order chi connectivity index (χ1) is 9.19. The van der Waals surface area contributed by atoms with Crippen molar-refractivity contribution in [2.45, 2.75) is 71.3 Å². The number of unbranched alkanes of at least 4 members (excludes halogenated alkanes) is 6. The van der Waals surface area contributed by atoms with Gasteiger partial charge < -0.3 is 10.2 Å². The van der Waals surface area contributed by atoms with E-state index in [1.54, 1.807) is 4.90 Å². The lowest BCUT2D eigenvalue weighted by molar-refractivity contribution is -0.144. The third-order valence-corrected chi connectivity index (χ3v) is 3.72. The van der Waals surface area contributed by atoms with Gasteiger partial charge in [0.2, 0.25) is 11.8 Å². The Hall–Kier alpha value is -1.06. The quantitative estimate of drug-likeness (QED) is 0.653. The van der Waals surface area contributed by atoms with Gasteiger partial charge in [-0.3, -0.25) is 9.59 Å². The molecule has 0 bridgehead atoms. The molecule has 1 fully saturated rings. The molecule has 4 nitrogen and oxygen atoms in total. The molecule has 0 aliphatic carbocycles. The maximum absolute atomic E-state index is 12.0. The molecule has 0 aromatic heterocycles. The summed E-state index contributed by atoms with van der Waals surface area (Å²) in [6.07, 6.45) is 9.30. The first kappa shape index (κ1) is 16.0. The first-order valence-electron chi connectivity index (χ1n) is 7.77. The van der Waals surface area contributed by atoms with Crippen LogP contribution in [-0.4, -0.2) is 35.8 Å². The van der Waals surface area contributed by atoms with Gasteiger partial charge in [0.05, 0.1) is 6.54 Å². The Labute approximate surface area is 116 Å². The van der Waals surface area contributed by atoms with Gasteiger partial charge in [-0.1, -0.05) is 52.4 Å². The fraction of sp³-hybridized carbons (Fsp3) is 0.867. The largest absolute Gasteiger partial charge is 0.343 e. The molecule has 2 amide bonds. The number of piperazine rings is 1.